The maximum atomic E-state index is 12.4. The van der Waals surface area contributed by atoms with Gasteiger partial charge in [-0.25, -0.2) is 14.6 Å². The highest BCUT2D eigenvalue weighted by atomic mass is 32.1. The number of para-hydroxylation sites is 1. The van der Waals surface area contributed by atoms with Gasteiger partial charge in [-0.2, -0.15) is 0 Å². The number of hydrogen-bond acceptors (Lipinski definition) is 7. The number of esters is 1. The molecule has 0 spiro atoms. The van der Waals surface area contributed by atoms with Crippen LogP contribution >= 0.6 is 22.7 Å². The monoisotopic (exact) mass is 415 g/mol. The van der Waals surface area contributed by atoms with E-state index in [1.165, 1.54) is 29.6 Å². The number of carbonyl (C=O) groups excluding carboxylic acids is 3. The van der Waals surface area contributed by atoms with Gasteiger partial charge in [-0.05, 0) is 37.4 Å². The zero-order valence-electron chi connectivity index (χ0n) is 15.1. The molecule has 2 N–H and O–H groups in total. The van der Waals surface area contributed by atoms with E-state index in [-0.39, 0.29) is 0 Å². The van der Waals surface area contributed by atoms with Gasteiger partial charge in [0.15, 0.2) is 6.10 Å². The van der Waals surface area contributed by atoms with Gasteiger partial charge >= 0.3 is 12.0 Å². The van der Waals surface area contributed by atoms with Crippen molar-refractivity contribution < 1.29 is 19.1 Å². The van der Waals surface area contributed by atoms with Crippen LogP contribution in [-0.2, 0) is 9.53 Å². The zero-order chi connectivity index (χ0) is 20.1. The average molecular weight is 415 g/mol. The van der Waals surface area contributed by atoms with Crippen LogP contribution in [0, 0.1) is 6.92 Å². The molecule has 28 heavy (non-hydrogen) atoms. The van der Waals surface area contributed by atoms with E-state index < -0.39 is 24.0 Å². The number of aromatic nitrogens is 1. The maximum Gasteiger partial charge on any atom is 0.351 e. The fourth-order valence-electron chi connectivity index (χ4n) is 2.26. The molecule has 0 saturated heterocycles. The minimum Gasteiger partial charge on any atom is -0.448 e. The summed E-state index contributed by atoms with van der Waals surface area (Å²) < 4.78 is 5.20. The number of nitrogens with one attached hydrogen (secondary N) is 2. The molecule has 0 fully saturated rings. The van der Waals surface area contributed by atoms with Crippen molar-refractivity contribution in [2.24, 2.45) is 0 Å². The van der Waals surface area contributed by atoms with Crippen molar-refractivity contribution in [1.82, 2.24) is 10.3 Å². The van der Waals surface area contributed by atoms with Gasteiger partial charge in [-0.3, -0.25) is 10.1 Å². The van der Waals surface area contributed by atoms with Crippen LogP contribution in [0.1, 0.15) is 22.3 Å². The predicted octanol–water partition coefficient (Wildman–Crippen LogP) is 4.07. The fourth-order valence-corrected chi connectivity index (χ4v) is 4.00. The van der Waals surface area contributed by atoms with E-state index in [9.17, 15) is 14.4 Å². The van der Waals surface area contributed by atoms with Crippen molar-refractivity contribution in [3.63, 3.8) is 0 Å². The summed E-state index contributed by atoms with van der Waals surface area (Å²) in [5.41, 5.74) is 1.08. The number of aryl methyl sites for hydroxylation is 1. The van der Waals surface area contributed by atoms with Gasteiger partial charge in [0.05, 0.1) is 10.6 Å². The molecule has 1 atom stereocenters. The molecule has 144 valence electrons. The Morgan fingerprint density at radius 1 is 1.11 bits per heavy atom. The Hall–Kier alpha value is -3.04. The van der Waals surface area contributed by atoms with Crippen molar-refractivity contribution in [2.45, 2.75) is 20.0 Å². The Balaban J connectivity index is 1.58. The Kier molecular flexibility index (Phi) is 6.17. The number of urea groups is 1. The van der Waals surface area contributed by atoms with Gasteiger partial charge < -0.3 is 10.1 Å². The first-order chi connectivity index (χ1) is 13.4. The number of nitrogens with zero attached hydrogens (tertiary/aromatic N) is 1. The quantitative estimate of drug-likeness (QED) is 0.612. The van der Waals surface area contributed by atoms with Crippen molar-refractivity contribution in [2.75, 3.05) is 5.32 Å². The molecule has 1 aromatic carbocycles. The van der Waals surface area contributed by atoms with Crippen LogP contribution in [0.3, 0.4) is 0 Å². The molecular formula is C19H17N3O4S2. The topological polar surface area (TPSA) is 97.4 Å². The van der Waals surface area contributed by atoms with Crippen LogP contribution in [0.5, 0.6) is 0 Å². The van der Waals surface area contributed by atoms with Gasteiger partial charge in [0.25, 0.3) is 5.91 Å². The number of ether oxygens (including phenoxy) is 1. The summed E-state index contributed by atoms with van der Waals surface area (Å²) in [6.45, 7) is 3.11. The first-order valence-corrected chi connectivity index (χ1v) is 10.0. The lowest BCUT2D eigenvalue weighted by Crippen LogP contribution is -2.41. The number of carbonyl (C=O) groups is 3. The Morgan fingerprint density at radius 2 is 1.86 bits per heavy atom. The molecule has 0 aliphatic rings. The molecule has 0 radical (unpaired) electrons. The zero-order valence-corrected chi connectivity index (χ0v) is 16.7. The molecule has 0 saturated carbocycles. The van der Waals surface area contributed by atoms with Gasteiger partial charge in [-0.1, -0.05) is 24.3 Å². The fraction of sp³-hybridized carbons (Fsp3) is 0.158. The third kappa shape index (κ3) is 4.81. The number of rotatable bonds is 5. The third-order valence-electron chi connectivity index (χ3n) is 3.64. The second-order valence-electron chi connectivity index (χ2n) is 5.77. The molecule has 3 amide bonds. The van der Waals surface area contributed by atoms with Crippen molar-refractivity contribution in [1.29, 1.82) is 0 Å². The smallest absolute Gasteiger partial charge is 0.351 e. The number of hydrogen-bond donors (Lipinski definition) is 2. The van der Waals surface area contributed by atoms with E-state index in [0.717, 1.165) is 9.88 Å². The normalized spacial score (nSPS) is 11.5. The standard InChI is InChI=1S/C19H17N3O4S2/c1-11-15(28-17(20-11)14-9-6-10-27-14)18(24)26-12(2)16(23)22-19(25)21-13-7-4-3-5-8-13/h3-10,12H,1-2H3,(H2,21,22,23,25). The average Bonchev–Trinajstić information content (AvgIpc) is 3.31. The molecule has 9 heteroatoms. The van der Waals surface area contributed by atoms with Crippen molar-refractivity contribution in [3.05, 3.63) is 58.4 Å². The van der Waals surface area contributed by atoms with Crippen LogP contribution in [0.2, 0.25) is 0 Å². The number of amides is 3. The number of thiophene rings is 1. The van der Waals surface area contributed by atoms with E-state index in [4.69, 9.17) is 4.74 Å². The molecule has 3 aromatic rings. The van der Waals surface area contributed by atoms with Crippen LogP contribution in [-0.4, -0.2) is 29.0 Å². The van der Waals surface area contributed by atoms with Crippen LogP contribution in [0.4, 0.5) is 10.5 Å². The highest BCUT2D eigenvalue weighted by molar-refractivity contribution is 7.22. The van der Waals surface area contributed by atoms with E-state index in [1.54, 1.807) is 37.3 Å². The van der Waals surface area contributed by atoms with Crippen molar-refractivity contribution >= 4 is 46.3 Å². The van der Waals surface area contributed by atoms with Gasteiger partial charge in [0, 0.05) is 5.69 Å². The number of imide groups is 1. The molecular weight excluding hydrogens is 398 g/mol. The first-order valence-electron chi connectivity index (χ1n) is 8.33. The van der Waals surface area contributed by atoms with E-state index in [1.807, 2.05) is 17.5 Å². The molecule has 3 rings (SSSR count). The SMILES string of the molecule is Cc1nc(-c2cccs2)sc1C(=O)OC(C)C(=O)NC(=O)Nc1ccccc1. The molecule has 7 nitrogen and oxygen atoms in total. The Bertz CT molecular complexity index is 984. The molecule has 2 aromatic heterocycles. The summed E-state index contributed by atoms with van der Waals surface area (Å²) >= 11 is 2.73. The maximum absolute atomic E-state index is 12.4. The molecule has 0 aliphatic heterocycles. The lowest BCUT2D eigenvalue weighted by Gasteiger charge is -2.13. The highest BCUT2D eigenvalue weighted by Crippen LogP contribution is 2.31. The minimum absolute atomic E-state index is 0.330. The highest BCUT2D eigenvalue weighted by Gasteiger charge is 2.24. The van der Waals surface area contributed by atoms with E-state index >= 15 is 0 Å². The largest absolute Gasteiger partial charge is 0.448 e. The second kappa shape index (κ2) is 8.77. The summed E-state index contributed by atoms with van der Waals surface area (Å²) in [5, 5.41) is 7.32. The molecule has 1 unspecified atom stereocenters. The van der Waals surface area contributed by atoms with Crippen molar-refractivity contribution in [3.8, 4) is 9.88 Å². The number of anilines is 1. The molecule has 0 aliphatic carbocycles. The first kappa shape index (κ1) is 19.7. The van der Waals surface area contributed by atoms with Crippen LogP contribution in [0.25, 0.3) is 9.88 Å². The van der Waals surface area contributed by atoms with E-state index in [0.29, 0.717) is 16.3 Å². The predicted molar refractivity (Wildman–Crippen MR) is 109 cm³/mol. The summed E-state index contributed by atoms with van der Waals surface area (Å²) in [4.78, 5) is 42.1. The van der Waals surface area contributed by atoms with Crippen LogP contribution < -0.4 is 10.6 Å². The minimum atomic E-state index is -1.14. The van der Waals surface area contributed by atoms with Gasteiger partial charge in [0.1, 0.15) is 9.88 Å². The second-order valence-corrected chi connectivity index (χ2v) is 7.71. The Morgan fingerprint density at radius 3 is 2.54 bits per heavy atom. The Labute approximate surface area is 169 Å². The van der Waals surface area contributed by atoms with Gasteiger partial charge in [-0.15, -0.1) is 22.7 Å². The lowest BCUT2D eigenvalue weighted by atomic mass is 10.3. The number of benzene rings is 1. The van der Waals surface area contributed by atoms with E-state index in [2.05, 4.69) is 15.6 Å². The molecule has 2 heterocycles. The third-order valence-corrected chi connectivity index (χ3v) is 5.81. The molecule has 0 bridgehead atoms. The summed E-state index contributed by atoms with van der Waals surface area (Å²) in [6.07, 6.45) is -1.14. The number of thiazole rings is 1. The lowest BCUT2D eigenvalue weighted by molar-refractivity contribution is -0.127. The van der Waals surface area contributed by atoms with Gasteiger partial charge in [0.2, 0.25) is 0 Å². The van der Waals surface area contributed by atoms with Crippen LogP contribution in [0.15, 0.2) is 47.8 Å². The summed E-state index contributed by atoms with van der Waals surface area (Å²) in [5.74, 6) is -1.37. The summed E-state index contributed by atoms with van der Waals surface area (Å²) in [6, 6.07) is 11.8. The summed E-state index contributed by atoms with van der Waals surface area (Å²) in [7, 11) is 0.